The number of hydrogen-bond acceptors (Lipinski definition) is 4. The van der Waals surface area contributed by atoms with E-state index in [1.54, 1.807) is 12.1 Å². The van der Waals surface area contributed by atoms with E-state index in [1.807, 2.05) is 0 Å². The zero-order valence-electron chi connectivity index (χ0n) is 13.0. The number of aliphatic carboxylic acids is 1. The Morgan fingerprint density at radius 2 is 2.22 bits per heavy atom. The third-order valence-corrected chi connectivity index (χ3v) is 4.86. The molecule has 0 spiro atoms. The van der Waals surface area contributed by atoms with Crippen LogP contribution in [0.5, 0.6) is 5.75 Å². The molecule has 126 valence electrons. The first-order valence-electron chi connectivity index (χ1n) is 8.02. The standard InChI is InChI=1S/C17H22FNO4/c18-14-2-4-15(5-3-14)23-8-1-7-19-10-13-6-9-22-12-17(13,11-19)16(20)21/h2-5,13H,1,6-12H2,(H,20,21)/t13-,17+/m0/s1. The molecule has 0 amide bonds. The van der Waals surface area contributed by atoms with Crippen LogP contribution < -0.4 is 4.74 Å². The maximum Gasteiger partial charge on any atom is 0.313 e. The van der Waals surface area contributed by atoms with Crippen LogP contribution in [-0.2, 0) is 9.53 Å². The van der Waals surface area contributed by atoms with Gasteiger partial charge in [-0.15, -0.1) is 0 Å². The summed E-state index contributed by atoms with van der Waals surface area (Å²) in [6.45, 7) is 3.66. The fourth-order valence-corrected chi connectivity index (χ4v) is 3.57. The largest absolute Gasteiger partial charge is 0.494 e. The van der Waals surface area contributed by atoms with Crippen LogP contribution in [0.25, 0.3) is 0 Å². The molecule has 23 heavy (non-hydrogen) atoms. The first-order valence-corrected chi connectivity index (χ1v) is 8.02. The van der Waals surface area contributed by atoms with Crippen molar-refractivity contribution in [2.45, 2.75) is 12.8 Å². The van der Waals surface area contributed by atoms with E-state index in [4.69, 9.17) is 9.47 Å². The average Bonchev–Trinajstić information content (AvgIpc) is 2.93. The molecule has 0 radical (unpaired) electrons. The zero-order valence-corrected chi connectivity index (χ0v) is 13.0. The highest BCUT2D eigenvalue weighted by Crippen LogP contribution is 2.41. The highest BCUT2D eigenvalue weighted by molar-refractivity contribution is 5.76. The second-order valence-electron chi connectivity index (χ2n) is 6.39. The Balaban J connectivity index is 1.46. The van der Waals surface area contributed by atoms with Crippen molar-refractivity contribution in [2.75, 3.05) is 39.5 Å². The van der Waals surface area contributed by atoms with Gasteiger partial charge in [0.25, 0.3) is 0 Å². The second-order valence-corrected chi connectivity index (χ2v) is 6.39. The van der Waals surface area contributed by atoms with Gasteiger partial charge in [0.05, 0.1) is 13.2 Å². The lowest BCUT2D eigenvalue weighted by atomic mass is 9.76. The molecule has 2 aliphatic heterocycles. The van der Waals surface area contributed by atoms with E-state index in [2.05, 4.69) is 4.90 Å². The van der Waals surface area contributed by atoms with Gasteiger partial charge in [0.15, 0.2) is 0 Å². The monoisotopic (exact) mass is 323 g/mol. The summed E-state index contributed by atoms with van der Waals surface area (Å²) in [5.74, 6) is -0.200. The summed E-state index contributed by atoms with van der Waals surface area (Å²) in [6.07, 6.45) is 1.62. The first-order chi connectivity index (χ1) is 11.1. The Bertz CT molecular complexity index is 550. The molecule has 2 saturated heterocycles. The molecule has 0 aromatic heterocycles. The van der Waals surface area contributed by atoms with E-state index < -0.39 is 11.4 Å². The minimum absolute atomic E-state index is 0.173. The number of carboxylic acids is 1. The second kappa shape index (κ2) is 6.84. The van der Waals surface area contributed by atoms with Gasteiger partial charge in [0.2, 0.25) is 0 Å². The molecule has 3 rings (SSSR count). The zero-order chi connectivity index (χ0) is 16.3. The number of ether oxygens (including phenoxy) is 2. The van der Waals surface area contributed by atoms with Crippen LogP contribution in [0.3, 0.4) is 0 Å². The minimum Gasteiger partial charge on any atom is -0.494 e. The summed E-state index contributed by atoms with van der Waals surface area (Å²) in [4.78, 5) is 13.9. The smallest absolute Gasteiger partial charge is 0.313 e. The van der Waals surface area contributed by atoms with Crippen LogP contribution in [-0.4, -0.2) is 55.4 Å². The van der Waals surface area contributed by atoms with Gasteiger partial charge < -0.3 is 19.5 Å². The molecule has 2 heterocycles. The van der Waals surface area contributed by atoms with Gasteiger partial charge >= 0.3 is 5.97 Å². The van der Waals surface area contributed by atoms with Gasteiger partial charge in [-0.25, -0.2) is 4.39 Å². The summed E-state index contributed by atoms with van der Waals surface area (Å²) < 4.78 is 23.8. The highest BCUT2D eigenvalue weighted by Gasteiger charge is 2.53. The van der Waals surface area contributed by atoms with Crippen molar-refractivity contribution in [1.82, 2.24) is 4.90 Å². The summed E-state index contributed by atoms with van der Waals surface area (Å²) >= 11 is 0. The molecule has 2 atom stereocenters. The van der Waals surface area contributed by atoms with Crippen LogP contribution in [0.2, 0.25) is 0 Å². The fraction of sp³-hybridized carbons (Fsp3) is 0.588. The molecule has 6 heteroatoms. The number of benzene rings is 1. The van der Waals surface area contributed by atoms with E-state index in [9.17, 15) is 14.3 Å². The lowest BCUT2D eigenvalue weighted by molar-refractivity contribution is -0.159. The SMILES string of the molecule is O=C(O)[C@]12COCC[C@H]1CN(CCCOc1ccc(F)cc1)C2. The number of halogens is 1. The molecule has 0 bridgehead atoms. The fourth-order valence-electron chi connectivity index (χ4n) is 3.57. The Labute approximate surface area is 135 Å². The van der Waals surface area contributed by atoms with Crippen molar-refractivity contribution in [3.05, 3.63) is 30.1 Å². The Hall–Kier alpha value is -1.66. The molecule has 0 aliphatic carbocycles. The number of fused-ring (bicyclic) bond motifs is 1. The summed E-state index contributed by atoms with van der Waals surface area (Å²) in [5, 5.41) is 9.60. The van der Waals surface area contributed by atoms with Crippen LogP contribution in [0, 0.1) is 17.2 Å². The molecule has 1 aromatic carbocycles. The van der Waals surface area contributed by atoms with Gasteiger partial charge in [0.1, 0.15) is 17.0 Å². The van der Waals surface area contributed by atoms with E-state index in [0.717, 1.165) is 25.9 Å². The van der Waals surface area contributed by atoms with Gasteiger partial charge in [-0.05, 0) is 43.0 Å². The predicted molar refractivity (Wildman–Crippen MR) is 81.9 cm³/mol. The lowest BCUT2D eigenvalue weighted by Crippen LogP contribution is -2.46. The minimum atomic E-state index is -0.743. The Morgan fingerprint density at radius 1 is 1.43 bits per heavy atom. The van der Waals surface area contributed by atoms with Crippen molar-refractivity contribution < 1.29 is 23.8 Å². The van der Waals surface area contributed by atoms with Gasteiger partial charge in [-0.3, -0.25) is 4.79 Å². The van der Waals surface area contributed by atoms with E-state index in [0.29, 0.717) is 32.1 Å². The average molecular weight is 323 g/mol. The van der Waals surface area contributed by atoms with Crippen molar-refractivity contribution in [3.63, 3.8) is 0 Å². The molecule has 5 nitrogen and oxygen atoms in total. The molecule has 2 aliphatic rings. The molecular formula is C17H22FNO4. The first kappa shape index (κ1) is 16.2. The highest BCUT2D eigenvalue weighted by atomic mass is 19.1. The predicted octanol–water partition coefficient (Wildman–Crippen LogP) is 2.02. The number of carbonyl (C=O) groups is 1. The summed E-state index contributed by atoms with van der Waals surface area (Å²) in [6, 6.07) is 5.96. The maximum atomic E-state index is 12.8. The van der Waals surface area contributed by atoms with Crippen molar-refractivity contribution >= 4 is 5.97 Å². The van der Waals surface area contributed by atoms with E-state index in [-0.39, 0.29) is 11.7 Å². The summed E-state index contributed by atoms with van der Waals surface area (Å²) in [7, 11) is 0. The number of carboxylic acid groups (broad SMARTS) is 1. The molecule has 2 fully saturated rings. The normalized spacial score (nSPS) is 27.6. The van der Waals surface area contributed by atoms with Crippen LogP contribution in [0.1, 0.15) is 12.8 Å². The van der Waals surface area contributed by atoms with E-state index >= 15 is 0 Å². The lowest BCUT2D eigenvalue weighted by Gasteiger charge is -2.34. The quantitative estimate of drug-likeness (QED) is 0.812. The topological polar surface area (TPSA) is 59.0 Å². The van der Waals surface area contributed by atoms with Crippen LogP contribution in [0.4, 0.5) is 4.39 Å². The van der Waals surface area contributed by atoms with Crippen molar-refractivity contribution in [3.8, 4) is 5.75 Å². The third-order valence-electron chi connectivity index (χ3n) is 4.86. The van der Waals surface area contributed by atoms with Gasteiger partial charge in [0, 0.05) is 26.2 Å². The Morgan fingerprint density at radius 3 is 2.91 bits per heavy atom. The molecule has 0 unspecified atom stereocenters. The molecule has 1 N–H and O–H groups in total. The molecule has 1 aromatic rings. The number of hydrogen-bond donors (Lipinski definition) is 1. The van der Waals surface area contributed by atoms with Crippen LogP contribution in [0.15, 0.2) is 24.3 Å². The third kappa shape index (κ3) is 3.48. The van der Waals surface area contributed by atoms with E-state index in [1.165, 1.54) is 12.1 Å². The number of nitrogens with zero attached hydrogens (tertiary/aromatic N) is 1. The molecule has 0 saturated carbocycles. The van der Waals surface area contributed by atoms with Gasteiger partial charge in [-0.1, -0.05) is 0 Å². The number of rotatable bonds is 6. The van der Waals surface area contributed by atoms with Crippen molar-refractivity contribution in [1.29, 1.82) is 0 Å². The molecular weight excluding hydrogens is 301 g/mol. The number of likely N-dealkylation sites (tertiary alicyclic amines) is 1. The van der Waals surface area contributed by atoms with Crippen LogP contribution >= 0.6 is 0 Å². The van der Waals surface area contributed by atoms with Crippen molar-refractivity contribution in [2.24, 2.45) is 11.3 Å². The maximum absolute atomic E-state index is 12.8. The summed E-state index contributed by atoms with van der Waals surface area (Å²) in [5.41, 5.74) is -0.740. The van der Waals surface area contributed by atoms with Gasteiger partial charge in [-0.2, -0.15) is 0 Å². The Kier molecular flexibility index (Phi) is 4.82.